The summed E-state index contributed by atoms with van der Waals surface area (Å²) >= 11 is 0. The van der Waals surface area contributed by atoms with Crippen molar-refractivity contribution in [2.45, 2.75) is 13.0 Å². The fourth-order valence-electron chi connectivity index (χ4n) is 3.56. The first-order chi connectivity index (χ1) is 12.7. The zero-order valence-electron chi connectivity index (χ0n) is 15.0. The van der Waals surface area contributed by atoms with E-state index in [0.717, 1.165) is 34.1 Å². The van der Waals surface area contributed by atoms with Crippen LogP contribution < -0.4 is 9.47 Å². The van der Waals surface area contributed by atoms with Crippen molar-refractivity contribution < 1.29 is 14.3 Å². The van der Waals surface area contributed by atoms with Crippen molar-refractivity contribution in [3.8, 4) is 11.5 Å². The van der Waals surface area contributed by atoms with E-state index >= 15 is 0 Å². The summed E-state index contributed by atoms with van der Waals surface area (Å²) in [6.45, 7) is 1.29. The van der Waals surface area contributed by atoms with Crippen LogP contribution in [-0.4, -0.2) is 31.6 Å². The van der Waals surface area contributed by atoms with Crippen LogP contribution in [0.15, 0.2) is 54.6 Å². The number of nitrogens with zero attached hydrogens (tertiary/aromatic N) is 1. The van der Waals surface area contributed by atoms with Gasteiger partial charge < -0.3 is 14.4 Å². The van der Waals surface area contributed by atoms with Crippen LogP contribution in [0.25, 0.3) is 10.8 Å². The van der Waals surface area contributed by atoms with Gasteiger partial charge in [-0.25, -0.2) is 0 Å². The Kier molecular flexibility index (Phi) is 4.25. The van der Waals surface area contributed by atoms with Gasteiger partial charge in [0.2, 0.25) is 0 Å². The van der Waals surface area contributed by atoms with Gasteiger partial charge in [-0.05, 0) is 52.6 Å². The summed E-state index contributed by atoms with van der Waals surface area (Å²) < 4.78 is 10.8. The summed E-state index contributed by atoms with van der Waals surface area (Å²) in [5.74, 6) is 1.50. The first kappa shape index (κ1) is 16.5. The number of carbonyl (C=O) groups is 1. The number of benzene rings is 3. The van der Waals surface area contributed by atoms with Crippen molar-refractivity contribution in [3.63, 3.8) is 0 Å². The number of rotatable bonds is 3. The highest BCUT2D eigenvalue weighted by Crippen LogP contribution is 2.33. The van der Waals surface area contributed by atoms with Gasteiger partial charge in [-0.3, -0.25) is 4.79 Å². The van der Waals surface area contributed by atoms with E-state index in [4.69, 9.17) is 9.47 Å². The number of hydrogen-bond acceptors (Lipinski definition) is 3. The molecule has 132 valence electrons. The van der Waals surface area contributed by atoms with E-state index in [1.54, 1.807) is 14.2 Å². The van der Waals surface area contributed by atoms with Gasteiger partial charge in [0, 0.05) is 18.7 Å². The molecule has 1 aliphatic heterocycles. The second-order valence-corrected chi connectivity index (χ2v) is 6.51. The van der Waals surface area contributed by atoms with Gasteiger partial charge in [0.25, 0.3) is 5.91 Å². The molecule has 0 aliphatic carbocycles. The third-order valence-corrected chi connectivity index (χ3v) is 5.00. The molecule has 26 heavy (non-hydrogen) atoms. The summed E-state index contributed by atoms with van der Waals surface area (Å²) in [6.07, 6.45) is 0.814. The van der Waals surface area contributed by atoms with Crippen molar-refractivity contribution in [1.82, 2.24) is 4.90 Å². The van der Waals surface area contributed by atoms with Crippen LogP contribution in [0, 0.1) is 0 Å². The van der Waals surface area contributed by atoms with Gasteiger partial charge in [0.05, 0.1) is 14.2 Å². The molecule has 4 rings (SSSR count). The third kappa shape index (κ3) is 2.88. The predicted octanol–water partition coefficient (Wildman–Crippen LogP) is 4.06. The zero-order chi connectivity index (χ0) is 18.1. The summed E-state index contributed by atoms with van der Waals surface area (Å²) in [4.78, 5) is 14.9. The molecule has 3 aromatic rings. The molecular weight excluding hydrogens is 326 g/mol. The third-order valence-electron chi connectivity index (χ3n) is 5.00. The highest BCUT2D eigenvalue weighted by atomic mass is 16.5. The maximum atomic E-state index is 13.0. The molecule has 0 unspecified atom stereocenters. The molecule has 0 atom stereocenters. The Morgan fingerprint density at radius 2 is 1.58 bits per heavy atom. The Morgan fingerprint density at radius 3 is 2.31 bits per heavy atom. The average molecular weight is 347 g/mol. The lowest BCUT2D eigenvalue weighted by atomic mass is 9.98. The van der Waals surface area contributed by atoms with Gasteiger partial charge in [-0.1, -0.05) is 30.3 Å². The van der Waals surface area contributed by atoms with Crippen LogP contribution >= 0.6 is 0 Å². The van der Waals surface area contributed by atoms with Crippen molar-refractivity contribution in [2.24, 2.45) is 0 Å². The minimum absolute atomic E-state index is 0.0659. The minimum Gasteiger partial charge on any atom is -0.493 e. The minimum atomic E-state index is 0.0659. The summed E-state index contributed by atoms with van der Waals surface area (Å²) in [5, 5.41) is 2.23. The maximum Gasteiger partial charge on any atom is 0.254 e. The van der Waals surface area contributed by atoms with Crippen molar-refractivity contribution >= 4 is 16.7 Å². The summed E-state index contributed by atoms with van der Waals surface area (Å²) in [5.41, 5.74) is 3.06. The van der Waals surface area contributed by atoms with Crippen LogP contribution in [0.5, 0.6) is 11.5 Å². The van der Waals surface area contributed by atoms with Gasteiger partial charge in [0.1, 0.15) is 0 Å². The van der Waals surface area contributed by atoms with Crippen LogP contribution in [-0.2, 0) is 13.0 Å². The molecule has 1 heterocycles. The Labute approximate surface area is 153 Å². The molecule has 0 spiro atoms. The fraction of sp³-hybridized carbons (Fsp3) is 0.227. The van der Waals surface area contributed by atoms with Crippen molar-refractivity contribution in [1.29, 1.82) is 0 Å². The zero-order valence-corrected chi connectivity index (χ0v) is 15.0. The number of carbonyl (C=O) groups excluding carboxylic acids is 1. The van der Waals surface area contributed by atoms with Crippen LogP contribution in [0.3, 0.4) is 0 Å². The molecule has 0 saturated heterocycles. The van der Waals surface area contributed by atoms with Gasteiger partial charge in [-0.15, -0.1) is 0 Å². The van der Waals surface area contributed by atoms with E-state index in [-0.39, 0.29) is 5.91 Å². The highest BCUT2D eigenvalue weighted by molar-refractivity contribution is 5.98. The molecule has 0 N–H and O–H groups in total. The molecule has 0 saturated carbocycles. The summed E-state index contributed by atoms with van der Waals surface area (Å²) in [7, 11) is 3.27. The molecule has 4 nitrogen and oxygen atoms in total. The Bertz CT molecular complexity index is 980. The number of fused-ring (bicyclic) bond motifs is 2. The number of hydrogen-bond donors (Lipinski definition) is 0. The molecule has 0 fully saturated rings. The molecule has 0 radical (unpaired) electrons. The van der Waals surface area contributed by atoms with Crippen molar-refractivity contribution in [3.05, 3.63) is 71.3 Å². The highest BCUT2D eigenvalue weighted by Gasteiger charge is 2.23. The fourth-order valence-corrected chi connectivity index (χ4v) is 3.56. The number of ether oxygens (including phenoxy) is 2. The molecule has 0 aromatic heterocycles. The van der Waals surface area contributed by atoms with E-state index in [0.29, 0.717) is 18.8 Å². The number of methoxy groups -OCH3 is 2. The Morgan fingerprint density at radius 1 is 0.885 bits per heavy atom. The first-order valence-corrected chi connectivity index (χ1v) is 8.71. The van der Waals surface area contributed by atoms with E-state index in [9.17, 15) is 4.79 Å². The Hall–Kier alpha value is -3.01. The largest absolute Gasteiger partial charge is 0.493 e. The lowest BCUT2D eigenvalue weighted by Crippen LogP contribution is -2.36. The lowest BCUT2D eigenvalue weighted by molar-refractivity contribution is 0.0734. The lowest BCUT2D eigenvalue weighted by Gasteiger charge is -2.29. The van der Waals surface area contributed by atoms with E-state index in [1.807, 2.05) is 53.4 Å². The molecule has 4 heteroatoms. The SMILES string of the molecule is COc1cc2c(cc1OC)CN(C(=O)c1ccc3ccccc3c1)CC2. The van der Waals surface area contributed by atoms with Crippen LogP contribution in [0.4, 0.5) is 0 Å². The van der Waals surface area contributed by atoms with Crippen LogP contribution in [0.1, 0.15) is 21.5 Å². The first-order valence-electron chi connectivity index (χ1n) is 8.71. The van der Waals surface area contributed by atoms with E-state index in [2.05, 4.69) is 6.07 Å². The van der Waals surface area contributed by atoms with Gasteiger partial charge in [0.15, 0.2) is 11.5 Å². The van der Waals surface area contributed by atoms with Gasteiger partial charge in [-0.2, -0.15) is 0 Å². The maximum absolute atomic E-state index is 13.0. The molecule has 1 amide bonds. The van der Waals surface area contributed by atoms with Gasteiger partial charge >= 0.3 is 0 Å². The van der Waals surface area contributed by atoms with E-state index in [1.165, 1.54) is 5.56 Å². The quantitative estimate of drug-likeness (QED) is 0.717. The normalized spacial score (nSPS) is 13.4. The van der Waals surface area contributed by atoms with Crippen molar-refractivity contribution in [2.75, 3.05) is 20.8 Å². The molecule has 1 aliphatic rings. The predicted molar refractivity (Wildman–Crippen MR) is 102 cm³/mol. The standard InChI is InChI=1S/C22H21NO3/c1-25-20-12-17-9-10-23(14-19(17)13-21(20)26-2)22(24)18-8-7-15-5-3-4-6-16(15)11-18/h3-8,11-13H,9-10,14H2,1-2H3. The monoisotopic (exact) mass is 347 g/mol. The Balaban J connectivity index is 1.62. The second kappa shape index (κ2) is 6.71. The smallest absolute Gasteiger partial charge is 0.254 e. The second-order valence-electron chi connectivity index (χ2n) is 6.51. The number of amides is 1. The molecule has 0 bridgehead atoms. The topological polar surface area (TPSA) is 38.8 Å². The molecule has 3 aromatic carbocycles. The molecular formula is C22H21NO3. The van der Waals surface area contributed by atoms with E-state index < -0.39 is 0 Å². The summed E-state index contributed by atoms with van der Waals surface area (Å²) in [6, 6.07) is 18.0. The van der Waals surface area contributed by atoms with Crippen LogP contribution in [0.2, 0.25) is 0 Å². The average Bonchev–Trinajstić information content (AvgIpc) is 2.71.